The first-order chi connectivity index (χ1) is 20.0. The van der Waals surface area contributed by atoms with Gasteiger partial charge in [0.1, 0.15) is 5.69 Å². The van der Waals surface area contributed by atoms with E-state index in [1.807, 2.05) is 18.3 Å². The van der Waals surface area contributed by atoms with Gasteiger partial charge in [-0.1, -0.05) is 0 Å². The van der Waals surface area contributed by atoms with E-state index in [1.54, 1.807) is 18.5 Å². The average Bonchev–Trinajstić information content (AvgIpc) is 3.85. The number of hydrogen-bond acceptors (Lipinski definition) is 9. The number of aliphatic hydroxyl groups is 1. The number of aliphatic hydroxyl groups excluding tert-OH is 1. The lowest BCUT2D eigenvalue weighted by molar-refractivity contribution is 0.00212. The molecule has 10 heteroatoms. The van der Waals surface area contributed by atoms with E-state index in [1.165, 1.54) is 12.8 Å². The third kappa shape index (κ3) is 5.36. The van der Waals surface area contributed by atoms with Crippen LogP contribution >= 0.6 is 0 Å². The predicted molar refractivity (Wildman–Crippen MR) is 158 cm³/mol. The molecule has 10 nitrogen and oxygen atoms in total. The van der Waals surface area contributed by atoms with Crippen molar-refractivity contribution in [3.63, 3.8) is 0 Å². The van der Waals surface area contributed by atoms with Gasteiger partial charge < -0.3 is 30.7 Å². The van der Waals surface area contributed by atoms with Gasteiger partial charge in [0.25, 0.3) is 5.91 Å². The Bertz CT molecular complexity index is 1410. The standard InChI is InChI=1S/C31H39N7O3/c32-23-19-38(18-22(29(23)39)20-1-2-20)28-5-10-33-17-27(28)36-30(40)25-4-3-24-26(35-25)15-21(16-34-24)37-11-6-31(7-12-37)8-13-41-14-9-31/h3-5,10,15-17,20,22-23,29,39H,1-2,6-9,11-14,18-19,32H2,(H,36,40)/t22?,23-,29-/m1/s1. The molecule has 216 valence electrons. The Balaban J connectivity index is 1.07. The molecule has 0 radical (unpaired) electrons. The molecular weight excluding hydrogens is 518 g/mol. The average molecular weight is 558 g/mol. The van der Waals surface area contributed by atoms with Gasteiger partial charge in [-0.05, 0) is 74.1 Å². The first-order valence-corrected chi connectivity index (χ1v) is 15.0. The minimum atomic E-state index is -0.494. The number of carbonyl (C=O) groups is 1. The van der Waals surface area contributed by atoms with Gasteiger partial charge in [0.15, 0.2) is 0 Å². The monoisotopic (exact) mass is 557 g/mol. The number of nitrogens with zero attached hydrogens (tertiary/aromatic N) is 5. The van der Waals surface area contributed by atoms with Crippen LogP contribution in [0.4, 0.5) is 17.1 Å². The maximum atomic E-state index is 13.4. The molecule has 3 saturated heterocycles. The molecule has 1 saturated carbocycles. The minimum Gasteiger partial charge on any atom is -0.391 e. The Hall–Kier alpha value is -3.34. The van der Waals surface area contributed by atoms with Crippen LogP contribution in [0.2, 0.25) is 0 Å². The summed E-state index contributed by atoms with van der Waals surface area (Å²) in [7, 11) is 0. The van der Waals surface area contributed by atoms with Gasteiger partial charge in [0.05, 0.1) is 46.6 Å². The molecule has 1 amide bonds. The second kappa shape index (κ2) is 10.8. The van der Waals surface area contributed by atoms with E-state index in [-0.39, 0.29) is 17.9 Å². The molecule has 7 rings (SSSR count). The number of nitrogens with two attached hydrogens (primary N) is 1. The molecule has 6 heterocycles. The molecule has 3 aliphatic heterocycles. The van der Waals surface area contributed by atoms with Crippen molar-refractivity contribution in [1.29, 1.82) is 0 Å². The number of piperidine rings is 2. The number of ether oxygens (including phenoxy) is 1. The van der Waals surface area contributed by atoms with Crippen LogP contribution in [-0.4, -0.2) is 77.5 Å². The summed E-state index contributed by atoms with van der Waals surface area (Å²) in [5.74, 6) is 0.361. The van der Waals surface area contributed by atoms with E-state index in [4.69, 9.17) is 15.5 Å². The zero-order valence-corrected chi connectivity index (χ0v) is 23.4. The zero-order chi connectivity index (χ0) is 28.0. The van der Waals surface area contributed by atoms with Crippen LogP contribution in [0.5, 0.6) is 0 Å². The largest absolute Gasteiger partial charge is 0.391 e. The maximum Gasteiger partial charge on any atom is 0.274 e. The van der Waals surface area contributed by atoms with Gasteiger partial charge in [-0.25, -0.2) is 4.98 Å². The zero-order valence-electron chi connectivity index (χ0n) is 23.4. The van der Waals surface area contributed by atoms with Crippen molar-refractivity contribution in [3.8, 4) is 0 Å². The molecule has 0 aromatic carbocycles. The lowest BCUT2D eigenvalue weighted by Crippen LogP contribution is -2.57. The van der Waals surface area contributed by atoms with Crippen molar-refractivity contribution in [1.82, 2.24) is 15.0 Å². The summed E-state index contributed by atoms with van der Waals surface area (Å²) in [6, 6.07) is 7.18. The van der Waals surface area contributed by atoms with E-state index in [2.05, 4.69) is 31.2 Å². The first kappa shape index (κ1) is 26.6. The highest BCUT2D eigenvalue weighted by molar-refractivity contribution is 6.05. The fourth-order valence-corrected chi connectivity index (χ4v) is 7.05. The number of hydrogen-bond donors (Lipinski definition) is 3. The topological polar surface area (TPSA) is 130 Å². The molecule has 1 aliphatic carbocycles. The number of rotatable bonds is 5. The van der Waals surface area contributed by atoms with Crippen LogP contribution in [0.3, 0.4) is 0 Å². The number of carbonyl (C=O) groups excluding carboxylic acids is 1. The second-order valence-corrected chi connectivity index (χ2v) is 12.4. The summed E-state index contributed by atoms with van der Waals surface area (Å²) in [6.45, 7) is 4.97. The van der Waals surface area contributed by atoms with Gasteiger partial charge in [-0.15, -0.1) is 0 Å². The maximum absolute atomic E-state index is 13.4. The van der Waals surface area contributed by atoms with Crippen LogP contribution in [0.25, 0.3) is 11.0 Å². The van der Waals surface area contributed by atoms with Crippen molar-refractivity contribution in [2.75, 3.05) is 54.5 Å². The lowest BCUT2D eigenvalue weighted by Gasteiger charge is -2.44. The smallest absolute Gasteiger partial charge is 0.274 e. The molecule has 4 N–H and O–H groups in total. The highest BCUT2D eigenvalue weighted by Crippen LogP contribution is 2.43. The second-order valence-electron chi connectivity index (χ2n) is 12.4. The molecular formula is C31H39N7O3. The van der Waals surface area contributed by atoms with Crippen molar-refractivity contribution < 1.29 is 14.6 Å². The van der Waals surface area contributed by atoms with Gasteiger partial charge in [0.2, 0.25) is 0 Å². The Morgan fingerprint density at radius 2 is 1.83 bits per heavy atom. The molecule has 3 aromatic rings. The number of anilines is 3. The Morgan fingerprint density at radius 3 is 2.61 bits per heavy atom. The van der Waals surface area contributed by atoms with E-state index < -0.39 is 6.10 Å². The molecule has 3 atom stereocenters. The summed E-state index contributed by atoms with van der Waals surface area (Å²) in [4.78, 5) is 31.6. The van der Waals surface area contributed by atoms with Crippen LogP contribution in [0.15, 0.2) is 42.9 Å². The normalized spacial score (nSPS) is 26.3. The minimum absolute atomic E-state index is 0.140. The summed E-state index contributed by atoms with van der Waals surface area (Å²) in [5, 5.41) is 13.7. The third-order valence-corrected chi connectivity index (χ3v) is 9.85. The SMILES string of the molecule is N[C@@H]1CN(c2ccncc2NC(=O)c2ccc3ncc(N4CCC5(CCOCC5)CC4)cc3n2)CC(C2CC2)[C@H]1O. The lowest BCUT2D eigenvalue weighted by atomic mass is 9.72. The number of aromatic nitrogens is 3. The molecule has 0 bridgehead atoms. The van der Waals surface area contributed by atoms with Crippen LogP contribution in [0.1, 0.15) is 49.0 Å². The Labute approximate surface area is 240 Å². The molecule has 4 aliphatic rings. The van der Waals surface area contributed by atoms with Gasteiger partial charge >= 0.3 is 0 Å². The van der Waals surface area contributed by atoms with E-state index in [0.717, 1.165) is 68.9 Å². The molecule has 4 fully saturated rings. The molecule has 41 heavy (non-hydrogen) atoms. The third-order valence-electron chi connectivity index (χ3n) is 9.85. The van der Waals surface area contributed by atoms with Gasteiger partial charge in [0, 0.05) is 57.5 Å². The predicted octanol–water partition coefficient (Wildman–Crippen LogP) is 3.21. The van der Waals surface area contributed by atoms with Crippen LogP contribution in [-0.2, 0) is 4.74 Å². The fourth-order valence-electron chi connectivity index (χ4n) is 7.05. The number of pyridine rings is 3. The summed E-state index contributed by atoms with van der Waals surface area (Å²) in [6.07, 6.45) is 11.7. The van der Waals surface area contributed by atoms with Crippen molar-refractivity contribution in [2.24, 2.45) is 23.0 Å². The number of fused-ring (bicyclic) bond motifs is 1. The van der Waals surface area contributed by atoms with E-state index >= 15 is 0 Å². The summed E-state index contributed by atoms with van der Waals surface area (Å²) >= 11 is 0. The van der Waals surface area contributed by atoms with E-state index in [0.29, 0.717) is 41.3 Å². The first-order valence-electron chi connectivity index (χ1n) is 15.0. The van der Waals surface area contributed by atoms with Crippen LogP contribution in [0, 0.1) is 17.3 Å². The number of amides is 1. The Morgan fingerprint density at radius 1 is 1.02 bits per heavy atom. The molecule has 1 spiro atoms. The van der Waals surface area contributed by atoms with Crippen LogP contribution < -0.4 is 20.9 Å². The van der Waals surface area contributed by atoms with Crippen molar-refractivity contribution in [2.45, 2.75) is 50.7 Å². The van der Waals surface area contributed by atoms with Gasteiger partial charge in [-0.2, -0.15) is 0 Å². The van der Waals surface area contributed by atoms with E-state index in [9.17, 15) is 9.90 Å². The summed E-state index contributed by atoms with van der Waals surface area (Å²) < 4.78 is 5.60. The molecule has 1 unspecified atom stereocenters. The Kier molecular flexibility index (Phi) is 7.00. The highest BCUT2D eigenvalue weighted by atomic mass is 16.5. The molecule has 3 aromatic heterocycles. The fraction of sp³-hybridized carbons (Fsp3) is 0.548. The van der Waals surface area contributed by atoms with Crippen molar-refractivity contribution in [3.05, 3.63) is 48.5 Å². The van der Waals surface area contributed by atoms with Gasteiger partial charge in [-0.3, -0.25) is 14.8 Å². The number of nitrogens with one attached hydrogen (secondary N) is 1. The quantitative estimate of drug-likeness (QED) is 0.433. The van der Waals surface area contributed by atoms with Crippen molar-refractivity contribution >= 4 is 34.0 Å². The highest BCUT2D eigenvalue weighted by Gasteiger charge is 2.43. The summed E-state index contributed by atoms with van der Waals surface area (Å²) in [5.41, 5.74) is 11.1.